The van der Waals surface area contributed by atoms with Crippen LogP contribution in [-0.2, 0) is 4.74 Å². The number of rotatable bonds is 11. The molecule has 2 aromatic carbocycles. The Morgan fingerprint density at radius 1 is 1.11 bits per heavy atom. The second kappa shape index (κ2) is 11.1. The van der Waals surface area contributed by atoms with E-state index in [9.17, 15) is 4.79 Å². The Bertz CT molecular complexity index is 773. The van der Waals surface area contributed by atoms with Crippen LogP contribution in [0.1, 0.15) is 29.8 Å². The summed E-state index contributed by atoms with van der Waals surface area (Å²) in [7, 11) is 0. The van der Waals surface area contributed by atoms with E-state index in [1.54, 1.807) is 12.1 Å². The molecule has 5 nitrogen and oxygen atoms in total. The van der Waals surface area contributed by atoms with E-state index in [-0.39, 0.29) is 18.6 Å². The van der Waals surface area contributed by atoms with E-state index >= 15 is 0 Å². The van der Waals surface area contributed by atoms with Crippen LogP contribution in [0.4, 0.5) is 0 Å². The average molecular weight is 383 g/mol. The number of hydrogen-bond acceptors (Lipinski definition) is 5. The summed E-state index contributed by atoms with van der Waals surface area (Å²) in [5.74, 6) is 0.868. The summed E-state index contributed by atoms with van der Waals surface area (Å²) in [6.45, 7) is 10.8. The molecular weight excluding hydrogens is 354 g/mol. The summed E-state index contributed by atoms with van der Waals surface area (Å²) >= 11 is 0. The second-order valence-electron chi connectivity index (χ2n) is 6.82. The molecule has 0 aliphatic carbocycles. The standard InChI is InChI=1S/C23H29NO4/c1-5-13-26-21-11-6-7-12-22(21)27-16-20(15-24-17(2)3)28-23(25)19-10-8-9-18(4)14-19/h5-12,14,17,20,24H,1,13,15-16H2,2-4H3. The topological polar surface area (TPSA) is 56.8 Å². The van der Waals surface area contributed by atoms with Crippen molar-refractivity contribution < 1.29 is 19.0 Å². The van der Waals surface area contributed by atoms with Crippen LogP contribution in [0.25, 0.3) is 0 Å². The van der Waals surface area contributed by atoms with Gasteiger partial charge in [-0.25, -0.2) is 4.79 Å². The summed E-state index contributed by atoms with van der Waals surface area (Å²) in [5, 5.41) is 3.30. The lowest BCUT2D eigenvalue weighted by Gasteiger charge is -2.21. The molecular formula is C23H29NO4. The predicted molar refractivity (Wildman–Crippen MR) is 111 cm³/mol. The Balaban J connectivity index is 2.04. The Labute approximate surface area is 167 Å². The van der Waals surface area contributed by atoms with Crippen molar-refractivity contribution in [2.24, 2.45) is 0 Å². The zero-order valence-corrected chi connectivity index (χ0v) is 16.8. The first-order chi connectivity index (χ1) is 13.5. The van der Waals surface area contributed by atoms with Gasteiger partial charge in [0.1, 0.15) is 19.3 Å². The number of esters is 1. The van der Waals surface area contributed by atoms with Gasteiger partial charge in [-0.1, -0.05) is 56.3 Å². The third kappa shape index (κ3) is 7.08. The highest BCUT2D eigenvalue weighted by Crippen LogP contribution is 2.26. The third-order valence-electron chi connectivity index (χ3n) is 3.91. The number of ether oxygens (including phenoxy) is 3. The Morgan fingerprint density at radius 2 is 1.82 bits per heavy atom. The van der Waals surface area contributed by atoms with Gasteiger partial charge in [0, 0.05) is 12.6 Å². The molecule has 150 valence electrons. The molecule has 0 saturated carbocycles. The Kier molecular flexibility index (Phi) is 8.56. The van der Waals surface area contributed by atoms with Gasteiger partial charge in [-0.15, -0.1) is 0 Å². The quantitative estimate of drug-likeness (QED) is 0.466. The molecule has 0 radical (unpaired) electrons. The summed E-state index contributed by atoms with van der Waals surface area (Å²) in [4.78, 5) is 12.5. The van der Waals surface area contributed by atoms with Crippen molar-refractivity contribution in [2.45, 2.75) is 32.9 Å². The number of nitrogens with one attached hydrogen (secondary N) is 1. The fraction of sp³-hybridized carbons (Fsp3) is 0.348. The molecule has 0 aliphatic heterocycles. The van der Waals surface area contributed by atoms with E-state index in [0.717, 1.165) is 5.56 Å². The molecule has 0 saturated heterocycles. The normalized spacial score (nSPS) is 11.7. The van der Waals surface area contributed by atoms with Crippen LogP contribution in [0.3, 0.4) is 0 Å². The Hall–Kier alpha value is -2.79. The number of aryl methyl sites for hydroxylation is 1. The van der Waals surface area contributed by atoms with Gasteiger partial charge in [-0.05, 0) is 31.2 Å². The van der Waals surface area contributed by atoms with Crippen molar-refractivity contribution in [1.82, 2.24) is 5.32 Å². The van der Waals surface area contributed by atoms with Crippen molar-refractivity contribution in [1.29, 1.82) is 0 Å². The molecule has 0 amide bonds. The maximum atomic E-state index is 12.5. The predicted octanol–water partition coefficient (Wildman–Crippen LogP) is 4.16. The SMILES string of the molecule is C=CCOc1ccccc1OCC(CNC(C)C)OC(=O)c1cccc(C)c1. The minimum absolute atomic E-state index is 0.214. The van der Waals surface area contributed by atoms with Gasteiger partial charge in [0.2, 0.25) is 0 Å². The first kappa shape index (κ1) is 21.5. The van der Waals surface area contributed by atoms with E-state index in [2.05, 4.69) is 11.9 Å². The van der Waals surface area contributed by atoms with Gasteiger partial charge < -0.3 is 19.5 Å². The van der Waals surface area contributed by atoms with Crippen molar-refractivity contribution >= 4 is 5.97 Å². The maximum absolute atomic E-state index is 12.5. The zero-order valence-electron chi connectivity index (χ0n) is 16.8. The number of carbonyl (C=O) groups is 1. The van der Waals surface area contributed by atoms with Gasteiger partial charge in [0.15, 0.2) is 11.5 Å². The number of carbonyl (C=O) groups excluding carboxylic acids is 1. The second-order valence-corrected chi connectivity index (χ2v) is 6.82. The molecule has 0 spiro atoms. The van der Waals surface area contributed by atoms with Gasteiger partial charge in [-0.3, -0.25) is 0 Å². The van der Waals surface area contributed by atoms with E-state index in [4.69, 9.17) is 14.2 Å². The van der Waals surface area contributed by atoms with Crippen LogP contribution in [0.2, 0.25) is 0 Å². The van der Waals surface area contributed by atoms with Crippen LogP contribution >= 0.6 is 0 Å². The summed E-state index contributed by atoms with van der Waals surface area (Å²) in [6, 6.07) is 15.0. The van der Waals surface area contributed by atoms with Gasteiger partial charge >= 0.3 is 5.97 Å². The summed E-state index contributed by atoms with van der Waals surface area (Å²) in [6.07, 6.45) is 1.23. The first-order valence-electron chi connectivity index (χ1n) is 9.46. The number of benzene rings is 2. The van der Waals surface area contributed by atoms with Gasteiger partial charge in [-0.2, -0.15) is 0 Å². The van der Waals surface area contributed by atoms with Crippen LogP contribution in [-0.4, -0.2) is 37.9 Å². The lowest BCUT2D eigenvalue weighted by atomic mass is 10.1. The molecule has 0 aliphatic rings. The highest BCUT2D eigenvalue weighted by Gasteiger charge is 2.18. The van der Waals surface area contributed by atoms with E-state index in [0.29, 0.717) is 30.2 Å². The maximum Gasteiger partial charge on any atom is 0.338 e. The summed E-state index contributed by atoms with van der Waals surface area (Å²) in [5.41, 5.74) is 1.54. The fourth-order valence-corrected chi connectivity index (χ4v) is 2.51. The van der Waals surface area contributed by atoms with E-state index < -0.39 is 6.10 Å². The monoisotopic (exact) mass is 383 g/mol. The largest absolute Gasteiger partial charge is 0.486 e. The number of para-hydroxylation sites is 2. The third-order valence-corrected chi connectivity index (χ3v) is 3.91. The lowest BCUT2D eigenvalue weighted by Crippen LogP contribution is -2.38. The molecule has 0 aromatic heterocycles. The number of hydrogen-bond donors (Lipinski definition) is 1. The lowest BCUT2D eigenvalue weighted by molar-refractivity contribution is 0.0170. The highest BCUT2D eigenvalue weighted by molar-refractivity contribution is 5.89. The van der Waals surface area contributed by atoms with Crippen LogP contribution < -0.4 is 14.8 Å². The molecule has 2 rings (SSSR count). The molecule has 1 unspecified atom stereocenters. The van der Waals surface area contributed by atoms with Crippen molar-refractivity contribution in [3.05, 3.63) is 72.3 Å². The molecule has 2 aromatic rings. The van der Waals surface area contributed by atoms with Crippen molar-refractivity contribution in [3.63, 3.8) is 0 Å². The zero-order chi connectivity index (χ0) is 20.4. The Morgan fingerprint density at radius 3 is 2.46 bits per heavy atom. The smallest absolute Gasteiger partial charge is 0.338 e. The fourth-order valence-electron chi connectivity index (χ4n) is 2.51. The average Bonchev–Trinajstić information content (AvgIpc) is 2.68. The van der Waals surface area contributed by atoms with E-state index in [1.165, 1.54) is 0 Å². The first-order valence-corrected chi connectivity index (χ1v) is 9.46. The van der Waals surface area contributed by atoms with Crippen LogP contribution in [0.5, 0.6) is 11.5 Å². The van der Waals surface area contributed by atoms with Gasteiger partial charge in [0.05, 0.1) is 5.56 Å². The molecule has 28 heavy (non-hydrogen) atoms. The molecule has 5 heteroatoms. The minimum Gasteiger partial charge on any atom is -0.486 e. The highest BCUT2D eigenvalue weighted by atomic mass is 16.6. The van der Waals surface area contributed by atoms with Crippen LogP contribution in [0.15, 0.2) is 61.2 Å². The summed E-state index contributed by atoms with van der Waals surface area (Å²) < 4.78 is 17.2. The molecule has 1 N–H and O–H groups in total. The molecule has 0 bridgehead atoms. The van der Waals surface area contributed by atoms with E-state index in [1.807, 2.05) is 63.2 Å². The van der Waals surface area contributed by atoms with Crippen molar-refractivity contribution in [2.75, 3.05) is 19.8 Å². The minimum atomic E-state index is -0.442. The molecule has 0 heterocycles. The van der Waals surface area contributed by atoms with Gasteiger partial charge in [0.25, 0.3) is 0 Å². The van der Waals surface area contributed by atoms with Crippen LogP contribution in [0, 0.1) is 6.92 Å². The molecule has 0 fully saturated rings. The molecule has 1 atom stereocenters. The van der Waals surface area contributed by atoms with Crippen molar-refractivity contribution in [3.8, 4) is 11.5 Å².